The molecule has 132 valence electrons. The van der Waals surface area contributed by atoms with E-state index in [1.165, 1.54) is 0 Å². The van der Waals surface area contributed by atoms with Gasteiger partial charge in [-0.3, -0.25) is 0 Å². The minimum absolute atomic E-state index is 0.220. The van der Waals surface area contributed by atoms with Crippen LogP contribution in [0.1, 0.15) is 24.0 Å². The van der Waals surface area contributed by atoms with Crippen molar-refractivity contribution in [2.75, 3.05) is 19.7 Å². The lowest BCUT2D eigenvalue weighted by Crippen LogP contribution is -2.40. The molecule has 0 radical (unpaired) electrons. The van der Waals surface area contributed by atoms with Crippen LogP contribution in [-0.4, -0.2) is 30.7 Å². The first-order valence-corrected chi connectivity index (χ1v) is 8.86. The molecule has 3 rings (SSSR count). The summed E-state index contributed by atoms with van der Waals surface area (Å²) in [6.45, 7) is 4.55. The van der Waals surface area contributed by atoms with Gasteiger partial charge in [0.2, 0.25) is 0 Å². The molecule has 2 aromatic carbocycles. The Kier molecular flexibility index (Phi) is 5.94. The largest absolute Gasteiger partial charge is 0.493 e. The Morgan fingerprint density at radius 1 is 1.04 bits per heavy atom. The molecule has 1 amide bonds. The molecule has 2 aromatic rings. The molecular weight excluding hydrogens is 314 g/mol. The van der Waals surface area contributed by atoms with Crippen LogP contribution in [0.2, 0.25) is 0 Å². The van der Waals surface area contributed by atoms with Crippen molar-refractivity contribution >= 4 is 6.09 Å². The third kappa shape index (κ3) is 4.99. The van der Waals surface area contributed by atoms with Gasteiger partial charge in [-0.15, -0.1) is 0 Å². The van der Waals surface area contributed by atoms with Crippen LogP contribution in [0.25, 0.3) is 0 Å². The van der Waals surface area contributed by atoms with Crippen LogP contribution in [0.5, 0.6) is 5.75 Å². The zero-order chi connectivity index (χ0) is 17.5. The van der Waals surface area contributed by atoms with Crippen molar-refractivity contribution < 1.29 is 14.3 Å². The van der Waals surface area contributed by atoms with Gasteiger partial charge in [-0.2, -0.15) is 0 Å². The first-order chi connectivity index (χ1) is 12.2. The molecular formula is C21H25NO3. The number of hydrogen-bond donors (Lipinski definition) is 0. The molecule has 0 atom stereocenters. The fraction of sp³-hybridized carbons (Fsp3) is 0.381. The van der Waals surface area contributed by atoms with Crippen molar-refractivity contribution in [2.24, 2.45) is 5.92 Å². The van der Waals surface area contributed by atoms with E-state index in [1.807, 2.05) is 48.5 Å². The highest BCUT2D eigenvalue weighted by Crippen LogP contribution is 2.22. The molecule has 0 aromatic heterocycles. The number of benzene rings is 2. The zero-order valence-corrected chi connectivity index (χ0v) is 14.7. The number of nitrogens with zero attached hydrogens (tertiary/aromatic N) is 1. The summed E-state index contributed by atoms with van der Waals surface area (Å²) in [5, 5.41) is 0. The minimum atomic E-state index is -0.220. The Morgan fingerprint density at radius 3 is 2.44 bits per heavy atom. The van der Waals surface area contributed by atoms with Crippen molar-refractivity contribution in [3.05, 3.63) is 65.7 Å². The molecule has 0 aliphatic carbocycles. The molecule has 0 saturated carbocycles. The number of carbonyl (C=O) groups is 1. The molecule has 1 heterocycles. The second-order valence-electron chi connectivity index (χ2n) is 6.55. The van der Waals surface area contributed by atoms with E-state index in [-0.39, 0.29) is 6.09 Å². The molecule has 4 nitrogen and oxygen atoms in total. The highest BCUT2D eigenvalue weighted by molar-refractivity contribution is 5.67. The van der Waals surface area contributed by atoms with Gasteiger partial charge >= 0.3 is 6.09 Å². The number of para-hydroxylation sites is 1. The topological polar surface area (TPSA) is 38.8 Å². The Balaban J connectivity index is 1.39. The second-order valence-corrected chi connectivity index (χ2v) is 6.55. The van der Waals surface area contributed by atoms with E-state index in [0.29, 0.717) is 19.1 Å². The van der Waals surface area contributed by atoms with Crippen LogP contribution < -0.4 is 4.74 Å². The third-order valence-corrected chi connectivity index (χ3v) is 4.65. The lowest BCUT2D eigenvalue weighted by atomic mass is 9.98. The highest BCUT2D eigenvalue weighted by atomic mass is 16.6. The van der Waals surface area contributed by atoms with Gasteiger partial charge in [0, 0.05) is 13.1 Å². The van der Waals surface area contributed by atoms with Gasteiger partial charge in [-0.1, -0.05) is 48.5 Å². The third-order valence-electron chi connectivity index (χ3n) is 4.65. The molecule has 1 aliphatic heterocycles. The molecule has 1 aliphatic rings. The molecule has 0 unspecified atom stereocenters. The first-order valence-electron chi connectivity index (χ1n) is 8.86. The summed E-state index contributed by atoms with van der Waals surface area (Å²) in [4.78, 5) is 14.0. The monoisotopic (exact) mass is 339 g/mol. The van der Waals surface area contributed by atoms with Gasteiger partial charge in [0.15, 0.2) is 0 Å². The molecule has 0 N–H and O–H groups in total. The van der Waals surface area contributed by atoms with Gasteiger partial charge in [-0.05, 0) is 42.9 Å². The van der Waals surface area contributed by atoms with Crippen molar-refractivity contribution in [2.45, 2.75) is 26.4 Å². The lowest BCUT2D eigenvalue weighted by molar-refractivity contribution is 0.0760. The maximum absolute atomic E-state index is 12.2. The summed E-state index contributed by atoms with van der Waals surface area (Å²) in [6, 6.07) is 17.8. The predicted molar refractivity (Wildman–Crippen MR) is 97.6 cm³/mol. The maximum Gasteiger partial charge on any atom is 0.410 e. The standard InChI is InChI=1S/C21H25NO3/c1-17-7-5-6-10-20(17)24-15-19-11-13-22(14-12-19)21(23)25-16-18-8-3-2-4-9-18/h2-10,19H,11-16H2,1H3. The van der Waals surface area contributed by atoms with Crippen molar-refractivity contribution in [3.63, 3.8) is 0 Å². The molecule has 1 saturated heterocycles. The summed E-state index contributed by atoms with van der Waals surface area (Å²) >= 11 is 0. The zero-order valence-electron chi connectivity index (χ0n) is 14.7. The van der Waals surface area contributed by atoms with E-state index in [1.54, 1.807) is 4.90 Å². The quantitative estimate of drug-likeness (QED) is 0.809. The smallest absolute Gasteiger partial charge is 0.410 e. The van der Waals surface area contributed by atoms with E-state index in [4.69, 9.17) is 9.47 Å². The van der Waals surface area contributed by atoms with E-state index in [9.17, 15) is 4.79 Å². The van der Waals surface area contributed by atoms with Gasteiger partial charge in [0.05, 0.1) is 6.61 Å². The number of rotatable bonds is 5. The summed E-state index contributed by atoms with van der Waals surface area (Å²) < 4.78 is 11.3. The second kappa shape index (κ2) is 8.56. The van der Waals surface area contributed by atoms with Gasteiger partial charge < -0.3 is 14.4 Å². The lowest BCUT2D eigenvalue weighted by Gasteiger charge is -2.31. The summed E-state index contributed by atoms with van der Waals surface area (Å²) in [5.74, 6) is 1.44. The maximum atomic E-state index is 12.2. The van der Waals surface area contributed by atoms with Gasteiger partial charge in [0.25, 0.3) is 0 Å². The normalized spacial score (nSPS) is 15.0. The average molecular weight is 339 g/mol. The number of aryl methyl sites for hydroxylation is 1. The van der Waals surface area contributed by atoms with Gasteiger partial charge in [-0.25, -0.2) is 4.79 Å². The van der Waals surface area contributed by atoms with E-state index < -0.39 is 0 Å². The van der Waals surface area contributed by atoms with Gasteiger partial charge in [0.1, 0.15) is 12.4 Å². The first kappa shape index (κ1) is 17.3. The van der Waals surface area contributed by atoms with E-state index >= 15 is 0 Å². The average Bonchev–Trinajstić information content (AvgIpc) is 2.67. The number of piperidine rings is 1. The molecule has 0 spiro atoms. The fourth-order valence-corrected chi connectivity index (χ4v) is 3.02. The molecule has 25 heavy (non-hydrogen) atoms. The van der Waals surface area contributed by atoms with Crippen LogP contribution in [0, 0.1) is 12.8 Å². The summed E-state index contributed by atoms with van der Waals surface area (Å²) in [5.41, 5.74) is 2.17. The van der Waals surface area contributed by atoms with Crippen LogP contribution in [0.3, 0.4) is 0 Å². The Hall–Kier alpha value is -2.49. The van der Waals surface area contributed by atoms with Crippen molar-refractivity contribution in [3.8, 4) is 5.75 Å². The molecule has 0 bridgehead atoms. The SMILES string of the molecule is Cc1ccccc1OCC1CCN(C(=O)OCc2ccccc2)CC1. The highest BCUT2D eigenvalue weighted by Gasteiger charge is 2.24. The number of amides is 1. The number of hydrogen-bond acceptors (Lipinski definition) is 3. The van der Waals surface area contributed by atoms with Crippen LogP contribution in [0.15, 0.2) is 54.6 Å². The fourth-order valence-electron chi connectivity index (χ4n) is 3.02. The van der Waals surface area contributed by atoms with Crippen LogP contribution in [0.4, 0.5) is 4.79 Å². The molecule has 4 heteroatoms. The Bertz CT molecular complexity index is 679. The van der Waals surface area contributed by atoms with E-state index in [2.05, 4.69) is 13.0 Å². The summed E-state index contributed by atoms with van der Waals surface area (Å²) in [6.07, 6.45) is 1.68. The van der Waals surface area contributed by atoms with Crippen molar-refractivity contribution in [1.82, 2.24) is 4.90 Å². The Labute approximate surface area is 149 Å². The number of likely N-dealkylation sites (tertiary alicyclic amines) is 1. The van der Waals surface area contributed by atoms with Crippen molar-refractivity contribution in [1.29, 1.82) is 0 Å². The summed E-state index contributed by atoms with van der Waals surface area (Å²) in [7, 11) is 0. The predicted octanol–water partition coefficient (Wildman–Crippen LogP) is 4.42. The minimum Gasteiger partial charge on any atom is -0.493 e. The number of carbonyl (C=O) groups excluding carboxylic acids is 1. The Morgan fingerprint density at radius 2 is 1.72 bits per heavy atom. The molecule has 1 fully saturated rings. The van der Waals surface area contributed by atoms with Crippen LogP contribution in [-0.2, 0) is 11.3 Å². The van der Waals surface area contributed by atoms with Crippen LogP contribution >= 0.6 is 0 Å². The van der Waals surface area contributed by atoms with E-state index in [0.717, 1.165) is 42.8 Å². The number of ether oxygens (including phenoxy) is 2.